The molecular formula is C21H29FN2O2. The summed E-state index contributed by atoms with van der Waals surface area (Å²) in [6.45, 7) is 4.66. The number of carbonyl (C=O) groups is 2. The minimum absolute atomic E-state index is 0.0626. The first-order chi connectivity index (χ1) is 12.5. The zero-order chi connectivity index (χ0) is 18.5. The number of benzene rings is 1. The van der Waals surface area contributed by atoms with Gasteiger partial charge in [-0.3, -0.25) is 9.59 Å². The molecule has 0 aromatic heterocycles. The molecule has 0 N–H and O–H groups in total. The Balaban J connectivity index is 1.48. The van der Waals surface area contributed by atoms with Crippen LogP contribution in [0.4, 0.5) is 4.39 Å². The molecule has 0 radical (unpaired) electrons. The number of carbonyl (C=O) groups excluding carboxylic acids is 2. The van der Waals surface area contributed by atoms with Crippen molar-refractivity contribution >= 4 is 11.8 Å². The van der Waals surface area contributed by atoms with Gasteiger partial charge in [-0.1, -0.05) is 12.1 Å². The van der Waals surface area contributed by atoms with Crippen LogP contribution in [0, 0.1) is 17.7 Å². The summed E-state index contributed by atoms with van der Waals surface area (Å²) in [4.78, 5) is 28.2. The zero-order valence-electron chi connectivity index (χ0n) is 15.6. The van der Waals surface area contributed by atoms with Crippen molar-refractivity contribution in [3.8, 4) is 0 Å². The van der Waals surface area contributed by atoms with Gasteiger partial charge in [0.15, 0.2) is 0 Å². The number of amides is 2. The van der Waals surface area contributed by atoms with E-state index in [-0.39, 0.29) is 23.5 Å². The molecule has 26 heavy (non-hydrogen) atoms. The third kappa shape index (κ3) is 4.83. The van der Waals surface area contributed by atoms with Crippen LogP contribution in [0.25, 0.3) is 0 Å². The summed E-state index contributed by atoms with van der Waals surface area (Å²) in [7, 11) is 0. The molecule has 142 valence electrons. The van der Waals surface area contributed by atoms with E-state index in [0.717, 1.165) is 57.2 Å². The fraction of sp³-hybridized carbons (Fsp3) is 0.619. The van der Waals surface area contributed by atoms with Crippen LogP contribution in [-0.2, 0) is 16.0 Å². The van der Waals surface area contributed by atoms with E-state index in [1.807, 2.05) is 15.9 Å². The van der Waals surface area contributed by atoms with Crippen LogP contribution in [0.5, 0.6) is 0 Å². The summed E-state index contributed by atoms with van der Waals surface area (Å²) in [6, 6.07) is 6.81. The van der Waals surface area contributed by atoms with E-state index in [2.05, 4.69) is 0 Å². The highest BCUT2D eigenvalue weighted by atomic mass is 19.1. The Morgan fingerprint density at radius 1 is 1.12 bits per heavy atom. The molecule has 3 rings (SSSR count). The van der Waals surface area contributed by atoms with E-state index in [1.54, 1.807) is 19.1 Å². The predicted molar refractivity (Wildman–Crippen MR) is 99.0 cm³/mol. The first-order valence-electron chi connectivity index (χ1n) is 9.81. The van der Waals surface area contributed by atoms with Gasteiger partial charge in [0, 0.05) is 39.0 Å². The number of piperidine rings is 2. The molecule has 1 atom stereocenters. The number of aryl methyl sites for hydroxylation is 1. The Labute approximate surface area is 155 Å². The van der Waals surface area contributed by atoms with Crippen molar-refractivity contribution in [2.24, 2.45) is 11.8 Å². The van der Waals surface area contributed by atoms with E-state index >= 15 is 0 Å². The second-order valence-corrected chi connectivity index (χ2v) is 7.74. The standard InChI is InChI=1S/C21H29FN2O2/c1-16(25)23-12-9-19(10-13-23)21(26)24-11-3-5-18(15-24)8-7-17-4-2-6-20(22)14-17/h2,4,6,14,18-19H,3,5,7-13,15H2,1H3/t18-/m1/s1. The normalized spacial score (nSPS) is 21.7. The molecule has 2 amide bonds. The lowest BCUT2D eigenvalue weighted by Crippen LogP contribution is -2.47. The topological polar surface area (TPSA) is 40.6 Å². The van der Waals surface area contributed by atoms with Gasteiger partial charge in [0.1, 0.15) is 5.82 Å². The van der Waals surface area contributed by atoms with Crippen molar-refractivity contribution in [2.75, 3.05) is 26.2 Å². The smallest absolute Gasteiger partial charge is 0.225 e. The summed E-state index contributed by atoms with van der Waals surface area (Å²) in [5.74, 6) is 0.746. The number of hydrogen-bond acceptors (Lipinski definition) is 2. The summed E-state index contributed by atoms with van der Waals surface area (Å²) >= 11 is 0. The summed E-state index contributed by atoms with van der Waals surface area (Å²) in [5, 5.41) is 0. The van der Waals surface area contributed by atoms with E-state index in [1.165, 1.54) is 6.07 Å². The highest BCUT2D eigenvalue weighted by Gasteiger charge is 2.31. The largest absolute Gasteiger partial charge is 0.343 e. The maximum Gasteiger partial charge on any atom is 0.225 e. The molecule has 0 bridgehead atoms. The fourth-order valence-corrected chi connectivity index (χ4v) is 4.26. The molecule has 2 heterocycles. The molecule has 0 saturated carbocycles. The van der Waals surface area contributed by atoms with E-state index in [9.17, 15) is 14.0 Å². The Bertz CT molecular complexity index is 641. The van der Waals surface area contributed by atoms with Gasteiger partial charge in [-0.25, -0.2) is 4.39 Å². The van der Waals surface area contributed by atoms with Crippen molar-refractivity contribution in [3.63, 3.8) is 0 Å². The van der Waals surface area contributed by atoms with Crippen molar-refractivity contribution in [1.82, 2.24) is 9.80 Å². The van der Waals surface area contributed by atoms with Crippen molar-refractivity contribution < 1.29 is 14.0 Å². The molecule has 0 spiro atoms. The van der Waals surface area contributed by atoms with Crippen molar-refractivity contribution in [3.05, 3.63) is 35.6 Å². The third-order valence-corrected chi connectivity index (χ3v) is 5.85. The lowest BCUT2D eigenvalue weighted by Gasteiger charge is -2.37. The fourth-order valence-electron chi connectivity index (χ4n) is 4.26. The zero-order valence-corrected chi connectivity index (χ0v) is 15.6. The quantitative estimate of drug-likeness (QED) is 0.827. The second kappa shape index (κ2) is 8.65. The molecule has 0 unspecified atom stereocenters. The number of nitrogens with zero attached hydrogens (tertiary/aromatic N) is 2. The Morgan fingerprint density at radius 2 is 1.88 bits per heavy atom. The summed E-state index contributed by atoms with van der Waals surface area (Å²) in [6.07, 6.45) is 5.61. The Morgan fingerprint density at radius 3 is 2.58 bits per heavy atom. The number of halogens is 1. The average molecular weight is 360 g/mol. The monoisotopic (exact) mass is 360 g/mol. The highest BCUT2D eigenvalue weighted by Crippen LogP contribution is 2.26. The Hall–Kier alpha value is -1.91. The van der Waals surface area contributed by atoms with Crippen molar-refractivity contribution in [1.29, 1.82) is 0 Å². The molecule has 2 fully saturated rings. The van der Waals surface area contributed by atoms with E-state index in [4.69, 9.17) is 0 Å². The molecule has 2 aliphatic heterocycles. The van der Waals surface area contributed by atoms with Crippen LogP contribution in [0.2, 0.25) is 0 Å². The van der Waals surface area contributed by atoms with Gasteiger partial charge < -0.3 is 9.80 Å². The predicted octanol–water partition coefficient (Wildman–Crippen LogP) is 3.26. The first kappa shape index (κ1) is 18.9. The van der Waals surface area contributed by atoms with Gasteiger partial charge in [-0.2, -0.15) is 0 Å². The van der Waals surface area contributed by atoms with E-state index < -0.39 is 0 Å². The number of likely N-dealkylation sites (tertiary alicyclic amines) is 2. The lowest BCUT2D eigenvalue weighted by atomic mass is 9.89. The third-order valence-electron chi connectivity index (χ3n) is 5.85. The van der Waals surface area contributed by atoms with Crippen LogP contribution in [0.15, 0.2) is 24.3 Å². The van der Waals surface area contributed by atoms with Crippen LogP contribution < -0.4 is 0 Å². The SMILES string of the molecule is CC(=O)N1CCC(C(=O)N2CCC[C@H](CCc3cccc(F)c3)C2)CC1. The molecule has 2 saturated heterocycles. The van der Waals surface area contributed by atoms with Gasteiger partial charge in [-0.15, -0.1) is 0 Å². The molecule has 2 aliphatic rings. The van der Waals surface area contributed by atoms with Crippen LogP contribution in [0.1, 0.15) is 44.6 Å². The van der Waals surface area contributed by atoms with Crippen LogP contribution in [0.3, 0.4) is 0 Å². The molecule has 4 nitrogen and oxygen atoms in total. The lowest BCUT2D eigenvalue weighted by molar-refractivity contribution is -0.141. The van der Waals surface area contributed by atoms with Gasteiger partial charge in [-0.05, 0) is 62.1 Å². The summed E-state index contributed by atoms with van der Waals surface area (Å²) < 4.78 is 13.3. The minimum atomic E-state index is -0.181. The van der Waals surface area contributed by atoms with Gasteiger partial charge in [0.2, 0.25) is 11.8 Å². The molecule has 1 aromatic carbocycles. The molecule has 1 aromatic rings. The maximum atomic E-state index is 13.3. The highest BCUT2D eigenvalue weighted by molar-refractivity contribution is 5.79. The number of hydrogen-bond donors (Lipinski definition) is 0. The van der Waals surface area contributed by atoms with Crippen LogP contribution in [-0.4, -0.2) is 47.8 Å². The Kier molecular flexibility index (Phi) is 6.28. The molecular weight excluding hydrogens is 331 g/mol. The average Bonchev–Trinajstić information content (AvgIpc) is 2.66. The van der Waals surface area contributed by atoms with Gasteiger partial charge in [0.05, 0.1) is 0 Å². The maximum absolute atomic E-state index is 13.3. The van der Waals surface area contributed by atoms with Crippen molar-refractivity contribution in [2.45, 2.75) is 45.4 Å². The molecule has 5 heteroatoms. The molecule has 0 aliphatic carbocycles. The van der Waals surface area contributed by atoms with Crippen LogP contribution >= 0.6 is 0 Å². The van der Waals surface area contributed by atoms with Gasteiger partial charge >= 0.3 is 0 Å². The van der Waals surface area contributed by atoms with Gasteiger partial charge in [0.25, 0.3) is 0 Å². The minimum Gasteiger partial charge on any atom is -0.343 e. The summed E-state index contributed by atoms with van der Waals surface area (Å²) in [5.41, 5.74) is 1.03. The van der Waals surface area contributed by atoms with E-state index in [0.29, 0.717) is 19.0 Å². The first-order valence-corrected chi connectivity index (χ1v) is 9.81. The second-order valence-electron chi connectivity index (χ2n) is 7.74. The number of rotatable bonds is 4.